The first kappa shape index (κ1) is 64.2. The Labute approximate surface area is 486 Å². The second-order valence-electron chi connectivity index (χ2n) is 20.9. The van der Waals surface area contributed by atoms with Crippen LogP contribution < -0.4 is 10.2 Å². The van der Waals surface area contributed by atoms with E-state index < -0.39 is 22.8 Å². The van der Waals surface area contributed by atoms with Crippen LogP contribution in [0.15, 0.2) is 206 Å². The number of aliphatic carboxylic acids is 2. The van der Waals surface area contributed by atoms with Crippen molar-refractivity contribution in [1.82, 2.24) is 0 Å². The van der Waals surface area contributed by atoms with Crippen molar-refractivity contribution >= 4 is 39.2 Å². The number of carbonyl (C=O) groups is 2. The van der Waals surface area contributed by atoms with Gasteiger partial charge in [0.2, 0.25) is 0 Å². The van der Waals surface area contributed by atoms with E-state index in [1.165, 1.54) is 89.9 Å². The zero-order chi connectivity index (χ0) is 53.8. The second-order valence-corrected chi connectivity index (χ2v) is 20.9. The van der Waals surface area contributed by atoms with E-state index in [2.05, 4.69) is 62.4 Å². The van der Waals surface area contributed by atoms with Crippen LogP contribution in [0, 0.1) is 0 Å². The first-order valence-corrected chi connectivity index (χ1v) is 29.5. The summed E-state index contributed by atoms with van der Waals surface area (Å²) in [5.74, 6) is -2.55. The molecule has 0 fully saturated rings. The number of carboxylic acid groups (broad SMARTS) is 2. The molecule has 5 heteroatoms. The largest absolute Gasteiger partial charge is 2.00 e. The molecule has 406 valence electrons. The Morgan fingerprint density at radius 2 is 0.558 bits per heavy atom. The Morgan fingerprint density at radius 1 is 0.338 bits per heavy atom. The van der Waals surface area contributed by atoms with Gasteiger partial charge in [0.1, 0.15) is 0 Å². The first-order chi connectivity index (χ1) is 37.4. The molecule has 0 saturated carbocycles. The van der Waals surface area contributed by atoms with Crippen LogP contribution in [-0.2, 0) is 20.4 Å². The third kappa shape index (κ3) is 20.1. The number of benzene rings is 6. The van der Waals surface area contributed by atoms with Crippen molar-refractivity contribution in [3.05, 3.63) is 240 Å². The third-order valence-corrected chi connectivity index (χ3v) is 15.5. The van der Waals surface area contributed by atoms with Crippen LogP contribution in [0.4, 0.5) is 0 Å². The van der Waals surface area contributed by atoms with Crippen LogP contribution in [0.2, 0.25) is 0 Å². The molecule has 6 aromatic carbocycles. The first-order valence-electron chi connectivity index (χ1n) is 29.5. The fourth-order valence-electron chi connectivity index (χ4n) is 11.5. The summed E-state index contributed by atoms with van der Waals surface area (Å²) in [5.41, 5.74) is 2.67. The van der Waals surface area contributed by atoms with E-state index in [-0.39, 0.29) is 39.1 Å². The van der Waals surface area contributed by atoms with Gasteiger partial charge >= 0.3 is 27.3 Å². The summed E-state index contributed by atoms with van der Waals surface area (Å²) in [6.45, 7) is 4.52. The minimum Gasteiger partial charge on any atom is -0.549 e. The quantitative estimate of drug-likeness (QED) is 0.0223. The summed E-state index contributed by atoms with van der Waals surface area (Å²) < 4.78 is 0. The molecule has 0 aromatic heterocycles. The standard InChI is InChI=1S/2C36H46O2.Pb/c2*1-2-3-4-5-6-7-8-9-10-11-12-13-23-30-34(31-24-17-14-18-25-31)36(35(37)38,32-26-19-15-20-27-32)33-28-21-16-22-29-33;/h2*9-10,14-22,24-29,34H,2-8,11-13,23,30H2,1H3,(H,37,38);/q;;+2/p-2/b2*10-9-;. The average molecular weight is 1230 g/mol. The van der Waals surface area contributed by atoms with E-state index in [9.17, 15) is 19.8 Å². The molecule has 0 aliphatic carbocycles. The monoisotopic (exact) mass is 1230 g/mol. The number of rotatable bonds is 36. The van der Waals surface area contributed by atoms with E-state index in [1.54, 1.807) is 0 Å². The molecule has 0 heterocycles. The maximum absolute atomic E-state index is 13.3. The molecule has 77 heavy (non-hydrogen) atoms. The fraction of sp³-hybridized carbons (Fsp3) is 0.417. The Morgan fingerprint density at radius 3 is 0.805 bits per heavy atom. The zero-order valence-electron chi connectivity index (χ0n) is 46.9. The Bertz CT molecular complexity index is 2220. The number of carbonyl (C=O) groups excluding carboxylic acids is 2. The summed E-state index contributed by atoms with van der Waals surface area (Å²) in [6, 6.07) is 58.9. The van der Waals surface area contributed by atoms with Gasteiger partial charge in [0.15, 0.2) is 0 Å². The number of allylic oxidation sites excluding steroid dienone is 4. The van der Waals surface area contributed by atoms with E-state index in [1.807, 2.05) is 158 Å². The van der Waals surface area contributed by atoms with Crippen LogP contribution in [0.25, 0.3) is 0 Å². The summed E-state index contributed by atoms with van der Waals surface area (Å²) in [7, 11) is 0. The summed E-state index contributed by atoms with van der Waals surface area (Å²) in [6.07, 6.45) is 37.9. The van der Waals surface area contributed by atoms with Crippen LogP contribution >= 0.6 is 0 Å². The van der Waals surface area contributed by atoms with Gasteiger partial charge < -0.3 is 19.8 Å². The second kappa shape index (κ2) is 38.3. The topological polar surface area (TPSA) is 80.3 Å². The van der Waals surface area contributed by atoms with Crippen molar-refractivity contribution in [1.29, 1.82) is 0 Å². The van der Waals surface area contributed by atoms with Crippen molar-refractivity contribution in [2.24, 2.45) is 0 Å². The van der Waals surface area contributed by atoms with Crippen LogP contribution in [-0.4, -0.2) is 39.2 Å². The molecule has 0 N–H and O–H groups in total. The van der Waals surface area contributed by atoms with E-state index >= 15 is 0 Å². The molecular formula is C72H90O4Pb. The van der Waals surface area contributed by atoms with Gasteiger partial charge in [0.05, 0.1) is 22.8 Å². The van der Waals surface area contributed by atoms with Gasteiger partial charge in [-0.2, -0.15) is 0 Å². The van der Waals surface area contributed by atoms with Gasteiger partial charge in [-0.25, -0.2) is 0 Å². The van der Waals surface area contributed by atoms with E-state index in [0.717, 1.165) is 97.6 Å². The zero-order valence-corrected chi connectivity index (χ0v) is 50.8. The molecule has 0 aliphatic heterocycles. The Kier molecular flexibility index (Phi) is 31.9. The number of hydrogen-bond donors (Lipinski definition) is 0. The van der Waals surface area contributed by atoms with Crippen LogP contribution in [0.3, 0.4) is 0 Å². The Balaban J connectivity index is 0.000000328. The minimum atomic E-state index is -1.26. The normalized spacial score (nSPS) is 12.4. The Hall–Kier alpha value is -5.34. The van der Waals surface area contributed by atoms with Crippen molar-refractivity contribution in [2.75, 3.05) is 0 Å². The summed E-state index contributed by atoms with van der Waals surface area (Å²) >= 11 is 0. The fourth-order valence-corrected chi connectivity index (χ4v) is 11.5. The van der Waals surface area contributed by atoms with Gasteiger partial charge in [0, 0.05) is 11.8 Å². The van der Waals surface area contributed by atoms with E-state index in [0.29, 0.717) is 0 Å². The average Bonchev–Trinajstić information content (AvgIpc) is 3.51. The minimum absolute atomic E-state index is 0. The molecular weight excluding hydrogens is 1140 g/mol. The maximum atomic E-state index is 13.3. The summed E-state index contributed by atoms with van der Waals surface area (Å²) in [4.78, 5) is 26.5. The van der Waals surface area contributed by atoms with Crippen LogP contribution in [0.1, 0.15) is 213 Å². The smallest absolute Gasteiger partial charge is 0.549 e. The van der Waals surface area contributed by atoms with Crippen molar-refractivity contribution in [3.8, 4) is 0 Å². The van der Waals surface area contributed by atoms with Gasteiger partial charge in [-0.1, -0.05) is 310 Å². The molecule has 6 aromatic rings. The number of carboxylic acids is 2. The molecule has 0 saturated heterocycles. The van der Waals surface area contributed by atoms with Gasteiger partial charge in [-0.15, -0.1) is 0 Å². The molecule has 2 unspecified atom stereocenters. The number of hydrogen-bond acceptors (Lipinski definition) is 4. The summed E-state index contributed by atoms with van der Waals surface area (Å²) in [5, 5.41) is 26.5. The predicted octanol–water partition coefficient (Wildman–Crippen LogP) is 17.1. The molecule has 6 rings (SSSR count). The van der Waals surface area contributed by atoms with Gasteiger partial charge in [-0.05, 0) is 97.6 Å². The van der Waals surface area contributed by atoms with E-state index in [4.69, 9.17) is 0 Å². The van der Waals surface area contributed by atoms with Crippen molar-refractivity contribution in [2.45, 2.75) is 191 Å². The molecule has 0 spiro atoms. The SMILES string of the molecule is CCCCCCCC/C=C\CCCCCC(c1ccccc1)C(C(=O)[O-])(c1ccccc1)c1ccccc1.CCCCCCCC/C=C\CCCCCC(c1ccccc1)C(C(=O)[O-])(c1ccccc1)c1ccccc1.[Pb+2]. The molecule has 2 atom stereocenters. The van der Waals surface area contributed by atoms with Crippen molar-refractivity contribution in [3.63, 3.8) is 0 Å². The number of unbranched alkanes of at least 4 members (excludes halogenated alkanes) is 18. The predicted molar refractivity (Wildman–Crippen MR) is 322 cm³/mol. The molecule has 0 bridgehead atoms. The molecule has 0 aliphatic rings. The van der Waals surface area contributed by atoms with Gasteiger partial charge in [-0.3, -0.25) is 0 Å². The van der Waals surface area contributed by atoms with Crippen LogP contribution in [0.5, 0.6) is 0 Å². The molecule has 2 radical (unpaired) electrons. The molecule has 0 amide bonds. The third-order valence-electron chi connectivity index (χ3n) is 15.5. The van der Waals surface area contributed by atoms with Crippen molar-refractivity contribution < 1.29 is 19.8 Å². The molecule has 4 nitrogen and oxygen atoms in total. The maximum Gasteiger partial charge on any atom is 2.00 e. The van der Waals surface area contributed by atoms with Gasteiger partial charge in [0.25, 0.3) is 0 Å².